The van der Waals surface area contributed by atoms with Gasteiger partial charge in [0.25, 0.3) is 0 Å². The summed E-state index contributed by atoms with van der Waals surface area (Å²) in [7, 11) is 2.08. The Morgan fingerprint density at radius 2 is 1.60 bits per heavy atom. The van der Waals surface area contributed by atoms with E-state index in [-0.39, 0.29) is 0 Å². The zero-order valence-electron chi connectivity index (χ0n) is 12.2. The van der Waals surface area contributed by atoms with Crippen LogP contribution in [0.2, 0.25) is 0 Å². The van der Waals surface area contributed by atoms with Gasteiger partial charge < -0.3 is 4.57 Å². The molecule has 0 aliphatic heterocycles. The van der Waals surface area contributed by atoms with Gasteiger partial charge in [-0.1, -0.05) is 6.07 Å². The van der Waals surface area contributed by atoms with Crippen LogP contribution in [-0.4, -0.2) is 14.0 Å². The molecule has 0 unspecified atom stereocenters. The fraction of sp³-hybridized carbons (Fsp3) is 0.235. The molecule has 0 saturated carbocycles. The zero-order chi connectivity index (χ0) is 14.0. The average molecular weight is 263 g/mol. The molecule has 0 N–H and O–H groups in total. The van der Waals surface area contributed by atoms with Crippen molar-refractivity contribution in [3.05, 3.63) is 47.0 Å². The molecule has 0 bridgehead atoms. The van der Waals surface area contributed by atoms with E-state index < -0.39 is 0 Å². The van der Waals surface area contributed by atoms with Crippen molar-refractivity contribution >= 4 is 27.8 Å². The predicted molar refractivity (Wildman–Crippen MR) is 83.4 cm³/mol. The van der Waals surface area contributed by atoms with Gasteiger partial charge in [-0.3, -0.25) is 4.40 Å². The number of hydrogen-bond donors (Lipinski definition) is 0. The highest BCUT2D eigenvalue weighted by molar-refractivity contribution is 5.91. The second-order valence-corrected chi connectivity index (χ2v) is 5.72. The third-order valence-corrected chi connectivity index (χ3v) is 4.29. The number of aromatic nitrogens is 3. The van der Waals surface area contributed by atoms with Crippen LogP contribution < -0.4 is 0 Å². The van der Waals surface area contributed by atoms with Crippen molar-refractivity contribution < 1.29 is 0 Å². The summed E-state index contributed by atoms with van der Waals surface area (Å²) in [5.41, 5.74) is 8.59. The highest BCUT2D eigenvalue weighted by Crippen LogP contribution is 2.27. The first-order valence-electron chi connectivity index (χ1n) is 6.91. The highest BCUT2D eigenvalue weighted by atomic mass is 15.2. The molecule has 0 radical (unpaired) electrons. The van der Waals surface area contributed by atoms with Crippen molar-refractivity contribution in [1.29, 1.82) is 0 Å². The molecular formula is C17H17N3. The normalized spacial score (nSPS) is 12.0. The first kappa shape index (κ1) is 11.5. The monoisotopic (exact) mass is 263 g/mol. The molecule has 3 nitrogen and oxygen atoms in total. The van der Waals surface area contributed by atoms with Gasteiger partial charge in [0.15, 0.2) is 0 Å². The van der Waals surface area contributed by atoms with Gasteiger partial charge in [0.2, 0.25) is 5.78 Å². The Balaban J connectivity index is 2.32. The topological polar surface area (TPSA) is 22.2 Å². The van der Waals surface area contributed by atoms with Crippen LogP contribution in [0.4, 0.5) is 0 Å². The van der Waals surface area contributed by atoms with Crippen LogP contribution in [-0.2, 0) is 7.05 Å². The van der Waals surface area contributed by atoms with Crippen LogP contribution in [0.1, 0.15) is 16.7 Å². The molecule has 0 amide bonds. The van der Waals surface area contributed by atoms with Gasteiger partial charge in [0, 0.05) is 7.05 Å². The largest absolute Gasteiger partial charge is 0.313 e. The van der Waals surface area contributed by atoms with E-state index >= 15 is 0 Å². The highest BCUT2D eigenvalue weighted by Gasteiger charge is 2.14. The molecule has 0 saturated heterocycles. The van der Waals surface area contributed by atoms with Gasteiger partial charge in [-0.25, -0.2) is 4.98 Å². The minimum absolute atomic E-state index is 1.01. The third-order valence-electron chi connectivity index (χ3n) is 4.29. The van der Waals surface area contributed by atoms with Crippen molar-refractivity contribution in [3.63, 3.8) is 0 Å². The van der Waals surface area contributed by atoms with Crippen LogP contribution >= 0.6 is 0 Å². The van der Waals surface area contributed by atoms with Gasteiger partial charge in [0.1, 0.15) is 0 Å². The van der Waals surface area contributed by atoms with Crippen LogP contribution in [0.25, 0.3) is 27.8 Å². The summed E-state index contributed by atoms with van der Waals surface area (Å²) < 4.78 is 4.43. The lowest BCUT2D eigenvalue weighted by atomic mass is 10.1. The molecule has 2 aromatic carbocycles. The van der Waals surface area contributed by atoms with E-state index in [2.05, 4.69) is 67.1 Å². The van der Waals surface area contributed by atoms with Crippen LogP contribution in [0.5, 0.6) is 0 Å². The maximum atomic E-state index is 4.81. The molecular weight excluding hydrogens is 246 g/mol. The Hall–Kier alpha value is -2.29. The number of fused-ring (bicyclic) bond motifs is 5. The molecule has 4 rings (SSSR count). The maximum absolute atomic E-state index is 4.81. The van der Waals surface area contributed by atoms with Gasteiger partial charge in [-0.05, 0) is 61.7 Å². The average Bonchev–Trinajstić information content (AvgIpc) is 2.88. The van der Waals surface area contributed by atoms with E-state index in [9.17, 15) is 0 Å². The van der Waals surface area contributed by atoms with E-state index in [1.807, 2.05) is 0 Å². The van der Waals surface area contributed by atoms with Crippen molar-refractivity contribution in [2.45, 2.75) is 20.8 Å². The number of nitrogens with zero attached hydrogens (tertiary/aromatic N) is 3. The van der Waals surface area contributed by atoms with Crippen molar-refractivity contribution in [2.75, 3.05) is 0 Å². The summed E-state index contributed by atoms with van der Waals surface area (Å²) in [6, 6.07) is 11.0. The predicted octanol–water partition coefficient (Wildman–Crippen LogP) is 3.90. The summed E-state index contributed by atoms with van der Waals surface area (Å²) in [6.45, 7) is 6.43. The van der Waals surface area contributed by atoms with Crippen LogP contribution in [0.3, 0.4) is 0 Å². The number of imidazole rings is 2. The second-order valence-electron chi connectivity index (χ2n) is 5.72. The Morgan fingerprint density at radius 1 is 0.850 bits per heavy atom. The summed E-state index contributed by atoms with van der Waals surface area (Å²) in [4.78, 5) is 4.81. The minimum Gasteiger partial charge on any atom is -0.313 e. The Kier molecular flexibility index (Phi) is 2.09. The summed E-state index contributed by atoms with van der Waals surface area (Å²) in [5.74, 6) is 1.01. The fourth-order valence-corrected chi connectivity index (χ4v) is 2.99. The number of aryl methyl sites for hydroxylation is 4. The number of hydrogen-bond acceptors (Lipinski definition) is 1. The summed E-state index contributed by atoms with van der Waals surface area (Å²) in [6.07, 6.45) is 0. The van der Waals surface area contributed by atoms with Gasteiger partial charge in [-0.2, -0.15) is 0 Å². The molecule has 2 aromatic heterocycles. The molecule has 3 heteroatoms. The minimum atomic E-state index is 1.01. The SMILES string of the molecule is Cc1ccc2c(c1)n1c3cc(C)c(C)cc3nc1n2C. The van der Waals surface area contributed by atoms with Crippen LogP contribution in [0, 0.1) is 20.8 Å². The molecule has 4 aromatic rings. The Bertz CT molecular complexity index is 986. The Morgan fingerprint density at radius 3 is 2.40 bits per heavy atom. The standard InChI is InChI=1S/C17H17N3/c1-10-5-6-14-16(7-10)20-15-9-12(3)11(2)8-13(15)18-17(20)19(14)4/h5-9H,1-4H3. The second kappa shape index (κ2) is 3.63. The number of benzene rings is 2. The molecule has 0 atom stereocenters. The summed E-state index contributed by atoms with van der Waals surface area (Å²) in [5, 5.41) is 0. The van der Waals surface area contributed by atoms with E-state index in [4.69, 9.17) is 4.98 Å². The van der Waals surface area contributed by atoms with Crippen molar-refractivity contribution in [2.24, 2.45) is 7.05 Å². The zero-order valence-corrected chi connectivity index (χ0v) is 12.2. The van der Waals surface area contributed by atoms with Crippen molar-refractivity contribution in [3.8, 4) is 0 Å². The van der Waals surface area contributed by atoms with E-state index in [1.165, 1.54) is 33.2 Å². The molecule has 2 heterocycles. The lowest BCUT2D eigenvalue weighted by Crippen LogP contribution is -1.87. The quantitative estimate of drug-likeness (QED) is 0.471. The molecule has 0 fully saturated rings. The van der Waals surface area contributed by atoms with Gasteiger partial charge in [-0.15, -0.1) is 0 Å². The first-order chi connectivity index (χ1) is 9.56. The molecule has 100 valence electrons. The smallest absolute Gasteiger partial charge is 0.215 e. The number of rotatable bonds is 0. The molecule has 0 spiro atoms. The van der Waals surface area contributed by atoms with E-state index in [0.29, 0.717) is 0 Å². The third kappa shape index (κ3) is 1.32. The maximum Gasteiger partial charge on any atom is 0.215 e. The molecule has 20 heavy (non-hydrogen) atoms. The van der Waals surface area contributed by atoms with Gasteiger partial charge >= 0.3 is 0 Å². The van der Waals surface area contributed by atoms with E-state index in [0.717, 1.165) is 11.3 Å². The van der Waals surface area contributed by atoms with Crippen LogP contribution in [0.15, 0.2) is 30.3 Å². The fourth-order valence-electron chi connectivity index (χ4n) is 2.99. The lowest BCUT2D eigenvalue weighted by Gasteiger charge is -2.01. The molecule has 0 aliphatic carbocycles. The first-order valence-corrected chi connectivity index (χ1v) is 6.91. The summed E-state index contributed by atoms with van der Waals surface area (Å²) >= 11 is 0. The Labute approximate surface area is 117 Å². The molecule has 0 aliphatic rings. The lowest BCUT2D eigenvalue weighted by molar-refractivity contribution is 0.973. The van der Waals surface area contributed by atoms with Gasteiger partial charge in [0.05, 0.1) is 22.1 Å². The van der Waals surface area contributed by atoms with Crippen molar-refractivity contribution in [1.82, 2.24) is 14.0 Å². The van der Waals surface area contributed by atoms with E-state index in [1.54, 1.807) is 0 Å².